The van der Waals surface area contributed by atoms with Crippen molar-refractivity contribution in [3.8, 4) is 0 Å². The molecule has 2 aromatic carbocycles. The number of nitrogens with one attached hydrogen (secondary N) is 2. The molecular formula is C23H23N5O3. The van der Waals surface area contributed by atoms with E-state index in [-0.39, 0.29) is 24.9 Å². The van der Waals surface area contributed by atoms with Crippen molar-refractivity contribution in [2.45, 2.75) is 26.9 Å². The number of anilines is 1. The quantitative estimate of drug-likeness (QED) is 0.603. The lowest BCUT2D eigenvalue weighted by atomic mass is 10.1. The fourth-order valence-corrected chi connectivity index (χ4v) is 3.52. The van der Waals surface area contributed by atoms with E-state index in [1.54, 1.807) is 24.3 Å². The summed E-state index contributed by atoms with van der Waals surface area (Å²) in [5.74, 6) is -0.489. The lowest BCUT2D eigenvalue weighted by Gasteiger charge is -2.13. The molecule has 1 aliphatic heterocycles. The minimum Gasteiger partial charge on any atom is -0.329 e. The molecule has 1 aromatic heterocycles. The van der Waals surface area contributed by atoms with Crippen molar-refractivity contribution < 1.29 is 14.4 Å². The summed E-state index contributed by atoms with van der Waals surface area (Å²) < 4.78 is 1.93. The number of hydrogen-bond donors (Lipinski definition) is 2. The number of hydrogen-bond acceptors (Lipinski definition) is 4. The Bertz CT molecular complexity index is 1130. The third-order valence-corrected chi connectivity index (χ3v) is 5.11. The summed E-state index contributed by atoms with van der Waals surface area (Å²) >= 11 is 0. The maximum atomic E-state index is 12.6. The zero-order valence-corrected chi connectivity index (χ0v) is 17.4. The van der Waals surface area contributed by atoms with E-state index in [4.69, 9.17) is 0 Å². The number of carbonyl (C=O) groups excluding carboxylic acids is 3. The van der Waals surface area contributed by atoms with E-state index in [9.17, 15) is 14.4 Å². The van der Waals surface area contributed by atoms with Crippen molar-refractivity contribution >= 4 is 23.5 Å². The summed E-state index contributed by atoms with van der Waals surface area (Å²) in [4.78, 5) is 37.2. The van der Waals surface area contributed by atoms with E-state index < -0.39 is 6.03 Å². The van der Waals surface area contributed by atoms with Gasteiger partial charge in [0, 0.05) is 16.9 Å². The smallest absolute Gasteiger partial charge is 0.324 e. The topological polar surface area (TPSA) is 96.3 Å². The number of aryl methyl sites for hydroxylation is 2. The highest BCUT2D eigenvalue weighted by molar-refractivity contribution is 6.04. The molecule has 4 rings (SSSR count). The molecule has 158 valence electrons. The Hall–Kier alpha value is -3.94. The van der Waals surface area contributed by atoms with Gasteiger partial charge in [-0.05, 0) is 55.3 Å². The molecule has 0 unspecified atom stereocenters. The molecule has 0 saturated carbocycles. The fraction of sp³-hybridized carbons (Fsp3) is 0.217. The minimum absolute atomic E-state index is 0.0258. The van der Waals surface area contributed by atoms with E-state index in [0.717, 1.165) is 27.4 Å². The van der Waals surface area contributed by atoms with Gasteiger partial charge in [0.25, 0.3) is 5.91 Å². The number of benzene rings is 2. The predicted molar refractivity (Wildman–Crippen MR) is 116 cm³/mol. The molecule has 0 atom stereocenters. The Morgan fingerprint density at radius 3 is 2.45 bits per heavy atom. The van der Waals surface area contributed by atoms with Crippen molar-refractivity contribution in [1.82, 2.24) is 20.0 Å². The standard InChI is InChI=1S/C23H23N5O3/c1-15-10-16(2)28(26-15)14-18-4-3-5-20(11-18)25-22(30)19-8-6-17(7-9-19)13-27-21(29)12-24-23(27)31/h3-11H,12-14H2,1-2H3,(H,24,31)(H,25,30). The summed E-state index contributed by atoms with van der Waals surface area (Å²) in [6.45, 7) is 4.81. The van der Waals surface area contributed by atoms with Gasteiger partial charge in [-0.3, -0.25) is 19.2 Å². The van der Waals surface area contributed by atoms with Gasteiger partial charge in [-0.1, -0.05) is 24.3 Å². The van der Waals surface area contributed by atoms with Crippen LogP contribution in [0.25, 0.3) is 0 Å². The van der Waals surface area contributed by atoms with Crippen LogP contribution in [0.4, 0.5) is 10.5 Å². The van der Waals surface area contributed by atoms with Crippen LogP contribution >= 0.6 is 0 Å². The fourth-order valence-electron chi connectivity index (χ4n) is 3.52. The van der Waals surface area contributed by atoms with Gasteiger partial charge in [-0.25, -0.2) is 4.79 Å². The summed E-state index contributed by atoms with van der Waals surface area (Å²) in [7, 11) is 0. The highest BCUT2D eigenvalue weighted by Gasteiger charge is 2.28. The first-order chi connectivity index (χ1) is 14.9. The minimum atomic E-state index is -0.396. The third-order valence-electron chi connectivity index (χ3n) is 5.11. The highest BCUT2D eigenvalue weighted by atomic mass is 16.2. The molecule has 3 aromatic rings. The molecule has 2 N–H and O–H groups in total. The van der Waals surface area contributed by atoms with E-state index >= 15 is 0 Å². The van der Waals surface area contributed by atoms with Crippen LogP contribution in [-0.4, -0.2) is 39.1 Å². The zero-order chi connectivity index (χ0) is 22.0. The summed E-state index contributed by atoms with van der Waals surface area (Å²) in [6, 6.07) is 16.2. The first-order valence-electron chi connectivity index (χ1n) is 9.97. The number of rotatable bonds is 6. The van der Waals surface area contributed by atoms with Gasteiger partial charge < -0.3 is 10.6 Å². The highest BCUT2D eigenvalue weighted by Crippen LogP contribution is 2.16. The van der Waals surface area contributed by atoms with E-state index in [2.05, 4.69) is 15.7 Å². The number of imide groups is 1. The SMILES string of the molecule is Cc1cc(C)n(Cc2cccc(NC(=O)c3ccc(CN4C(=O)CNC4=O)cc3)c2)n1. The van der Waals surface area contributed by atoms with Gasteiger partial charge in [0.15, 0.2) is 0 Å². The average molecular weight is 417 g/mol. The first-order valence-corrected chi connectivity index (χ1v) is 9.97. The molecule has 1 aliphatic rings. The molecule has 4 amide bonds. The molecule has 8 nitrogen and oxygen atoms in total. The average Bonchev–Trinajstić information content (AvgIpc) is 3.23. The van der Waals surface area contributed by atoms with Crippen molar-refractivity contribution in [2.75, 3.05) is 11.9 Å². The van der Waals surface area contributed by atoms with E-state index in [0.29, 0.717) is 17.8 Å². The summed E-state index contributed by atoms with van der Waals surface area (Å²) in [5, 5.41) is 9.88. The van der Waals surface area contributed by atoms with Crippen LogP contribution in [0.1, 0.15) is 32.9 Å². The van der Waals surface area contributed by atoms with Crippen molar-refractivity contribution in [3.63, 3.8) is 0 Å². The van der Waals surface area contributed by atoms with Crippen molar-refractivity contribution in [1.29, 1.82) is 0 Å². The monoisotopic (exact) mass is 417 g/mol. The van der Waals surface area contributed by atoms with Gasteiger partial charge in [0.05, 0.1) is 25.3 Å². The first kappa shape index (κ1) is 20.3. The molecule has 1 fully saturated rings. The number of carbonyl (C=O) groups is 3. The maximum Gasteiger partial charge on any atom is 0.324 e. The number of amides is 4. The van der Waals surface area contributed by atoms with Crippen LogP contribution in [0, 0.1) is 13.8 Å². The Balaban J connectivity index is 1.40. The van der Waals surface area contributed by atoms with Gasteiger partial charge in [-0.2, -0.15) is 5.10 Å². The van der Waals surface area contributed by atoms with Crippen LogP contribution in [0.5, 0.6) is 0 Å². The van der Waals surface area contributed by atoms with E-state index in [1.165, 1.54) is 0 Å². The van der Waals surface area contributed by atoms with Crippen LogP contribution in [0.15, 0.2) is 54.6 Å². The van der Waals surface area contributed by atoms with Gasteiger partial charge >= 0.3 is 6.03 Å². The Kier molecular flexibility index (Phi) is 5.53. The maximum absolute atomic E-state index is 12.6. The normalized spacial score (nSPS) is 13.4. The molecule has 0 aliphatic carbocycles. The van der Waals surface area contributed by atoms with E-state index in [1.807, 2.05) is 48.9 Å². The molecule has 8 heteroatoms. The van der Waals surface area contributed by atoms with Crippen molar-refractivity contribution in [2.24, 2.45) is 0 Å². The number of nitrogens with zero attached hydrogens (tertiary/aromatic N) is 3. The molecule has 2 heterocycles. The summed E-state index contributed by atoms with van der Waals surface area (Å²) in [5.41, 5.74) is 5.05. The molecule has 0 bridgehead atoms. The van der Waals surface area contributed by atoms with Crippen LogP contribution < -0.4 is 10.6 Å². The molecular weight excluding hydrogens is 394 g/mol. The van der Waals surface area contributed by atoms with Gasteiger partial charge in [0.1, 0.15) is 0 Å². The van der Waals surface area contributed by atoms with Crippen molar-refractivity contribution in [3.05, 3.63) is 82.7 Å². The van der Waals surface area contributed by atoms with Gasteiger partial charge in [-0.15, -0.1) is 0 Å². The summed E-state index contributed by atoms with van der Waals surface area (Å²) in [6.07, 6.45) is 0. The molecule has 1 saturated heterocycles. The predicted octanol–water partition coefficient (Wildman–Crippen LogP) is 2.85. The largest absolute Gasteiger partial charge is 0.329 e. The Morgan fingerprint density at radius 1 is 1.03 bits per heavy atom. The Labute approximate surface area is 179 Å². The molecule has 0 spiro atoms. The Morgan fingerprint density at radius 2 is 1.81 bits per heavy atom. The number of urea groups is 1. The third kappa shape index (κ3) is 4.63. The van der Waals surface area contributed by atoms with Gasteiger partial charge in [0.2, 0.25) is 5.91 Å². The lowest BCUT2D eigenvalue weighted by molar-refractivity contribution is -0.125. The zero-order valence-electron chi connectivity index (χ0n) is 17.4. The van der Waals surface area contributed by atoms with Crippen LogP contribution in [0.3, 0.4) is 0 Å². The second-order valence-electron chi connectivity index (χ2n) is 7.57. The van der Waals surface area contributed by atoms with Crippen LogP contribution in [-0.2, 0) is 17.9 Å². The second-order valence-corrected chi connectivity index (χ2v) is 7.57. The lowest BCUT2D eigenvalue weighted by Crippen LogP contribution is -2.30. The van der Waals surface area contributed by atoms with Crippen LogP contribution in [0.2, 0.25) is 0 Å². The second kappa shape index (κ2) is 8.43. The number of aromatic nitrogens is 2. The molecule has 0 radical (unpaired) electrons. The molecule has 31 heavy (non-hydrogen) atoms.